The molecule has 124 valence electrons. The quantitative estimate of drug-likeness (QED) is 0.824. The number of aryl methyl sites for hydroxylation is 1. The molecule has 1 fully saturated rings. The fourth-order valence-electron chi connectivity index (χ4n) is 2.03. The Labute approximate surface area is 139 Å². The van der Waals surface area contributed by atoms with Crippen molar-refractivity contribution in [3.05, 3.63) is 11.8 Å². The third-order valence-electron chi connectivity index (χ3n) is 3.28. The summed E-state index contributed by atoms with van der Waals surface area (Å²) in [6, 6.07) is 1.72. The number of carbonyl (C=O) groups excluding carboxylic acids is 2. The molecule has 1 aromatic heterocycles. The minimum absolute atomic E-state index is 0. The third-order valence-corrected chi connectivity index (χ3v) is 4.41. The Morgan fingerprint density at radius 3 is 2.91 bits per heavy atom. The topological polar surface area (TPSA) is 101 Å². The highest BCUT2D eigenvalue weighted by Gasteiger charge is 2.24. The van der Waals surface area contributed by atoms with Gasteiger partial charge in [0.1, 0.15) is 5.76 Å². The molecule has 9 heteroatoms. The first-order chi connectivity index (χ1) is 9.95. The second-order valence-electron chi connectivity index (χ2n) is 5.15. The number of nitrogens with one attached hydrogen (secondary N) is 1. The number of anilines is 1. The highest BCUT2D eigenvalue weighted by Crippen LogP contribution is 2.16. The van der Waals surface area contributed by atoms with Crippen molar-refractivity contribution in [1.82, 2.24) is 10.1 Å². The van der Waals surface area contributed by atoms with Crippen LogP contribution in [0.25, 0.3) is 0 Å². The SMILES string of the molecule is Cc1cc(NC(=O)C(C)SCC(=O)N2CC[C@@H](N)C2)no1.Cl. The van der Waals surface area contributed by atoms with Crippen LogP contribution in [0.15, 0.2) is 10.6 Å². The Morgan fingerprint density at radius 2 is 2.36 bits per heavy atom. The highest BCUT2D eigenvalue weighted by molar-refractivity contribution is 8.01. The Bertz CT molecular complexity index is 525. The zero-order valence-electron chi connectivity index (χ0n) is 12.6. The summed E-state index contributed by atoms with van der Waals surface area (Å²) in [4.78, 5) is 25.7. The van der Waals surface area contributed by atoms with Crippen LogP contribution in [-0.2, 0) is 9.59 Å². The van der Waals surface area contributed by atoms with Crippen LogP contribution in [-0.4, -0.2) is 52.0 Å². The maximum Gasteiger partial charge on any atom is 0.238 e. The number of hydrogen-bond donors (Lipinski definition) is 2. The lowest BCUT2D eigenvalue weighted by atomic mass is 10.3. The van der Waals surface area contributed by atoms with E-state index in [2.05, 4.69) is 10.5 Å². The van der Waals surface area contributed by atoms with Gasteiger partial charge in [0.2, 0.25) is 11.8 Å². The number of likely N-dealkylation sites (tertiary alicyclic amines) is 1. The van der Waals surface area contributed by atoms with Crippen LogP contribution < -0.4 is 11.1 Å². The van der Waals surface area contributed by atoms with E-state index in [1.807, 2.05) is 0 Å². The maximum absolute atomic E-state index is 12.0. The summed E-state index contributed by atoms with van der Waals surface area (Å²) >= 11 is 1.30. The molecule has 0 bridgehead atoms. The van der Waals surface area contributed by atoms with Gasteiger partial charge >= 0.3 is 0 Å². The first kappa shape index (κ1) is 18.8. The number of amides is 2. The molecule has 2 heterocycles. The zero-order valence-corrected chi connectivity index (χ0v) is 14.2. The summed E-state index contributed by atoms with van der Waals surface area (Å²) in [6.45, 7) is 4.83. The van der Waals surface area contributed by atoms with Gasteiger partial charge in [0.15, 0.2) is 5.82 Å². The third kappa shape index (κ3) is 5.19. The number of carbonyl (C=O) groups is 2. The van der Waals surface area contributed by atoms with E-state index in [-0.39, 0.29) is 41.3 Å². The van der Waals surface area contributed by atoms with Crippen molar-refractivity contribution in [2.75, 3.05) is 24.2 Å². The lowest BCUT2D eigenvalue weighted by Gasteiger charge is -2.17. The highest BCUT2D eigenvalue weighted by atomic mass is 35.5. The zero-order chi connectivity index (χ0) is 15.4. The molecular weight excluding hydrogens is 328 g/mol. The van der Waals surface area contributed by atoms with Crippen molar-refractivity contribution in [3.63, 3.8) is 0 Å². The standard InChI is InChI=1S/C13H20N4O3S.ClH/c1-8-5-11(16-20-8)15-13(19)9(2)21-7-12(18)17-4-3-10(14)6-17;/h5,9-10H,3-4,6-7,14H2,1-2H3,(H,15,16,19);1H/t9?,10-;/m1./s1. The van der Waals surface area contributed by atoms with Crippen molar-refractivity contribution in [1.29, 1.82) is 0 Å². The second-order valence-corrected chi connectivity index (χ2v) is 6.48. The summed E-state index contributed by atoms with van der Waals surface area (Å²) < 4.78 is 4.88. The molecule has 1 unspecified atom stereocenters. The summed E-state index contributed by atoms with van der Waals surface area (Å²) in [6.07, 6.45) is 0.845. The smallest absolute Gasteiger partial charge is 0.238 e. The van der Waals surface area contributed by atoms with Gasteiger partial charge in [-0.05, 0) is 20.3 Å². The van der Waals surface area contributed by atoms with Gasteiger partial charge in [-0.3, -0.25) is 9.59 Å². The van der Waals surface area contributed by atoms with Gasteiger partial charge in [-0.1, -0.05) is 5.16 Å². The van der Waals surface area contributed by atoms with Crippen LogP contribution in [0.3, 0.4) is 0 Å². The molecule has 0 radical (unpaired) electrons. The molecule has 22 heavy (non-hydrogen) atoms. The maximum atomic E-state index is 12.0. The summed E-state index contributed by atoms with van der Waals surface area (Å²) in [5.41, 5.74) is 5.77. The van der Waals surface area contributed by atoms with Crippen LogP contribution >= 0.6 is 24.2 Å². The molecule has 0 aliphatic carbocycles. The molecule has 2 atom stereocenters. The predicted octanol–water partition coefficient (Wildman–Crippen LogP) is 1.02. The Kier molecular flexibility index (Phi) is 7.18. The van der Waals surface area contributed by atoms with E-state index in [0.29, 0.717) is 24.7 Å². The van der Waals surface area contributed by atoms with E-state index in [1.54, 1.807) is 24.8 Å². The average molecular weight is 349 g/mol. The van der Waals surface area contributed by atoms with Crippen LogP contribution in [0.4, 0.5) is 5.82 Å². The van der Waals surface area contributed by atoms with Gasteiger partial charge < -0.3 is 20.5 Å². The first-order valence-electron chi connectivity index (χ1n) is 6.85. The van der Waals surface area contributed by atoms with Gasteiger partial charge in [-0.25, -0.2) is 0 Å². The van der Waals surface area contributed by atoms with Crippen LogP contribution in [0, 0.1) is 6.92 Å². The molecule has 7 nitrogen and oxygen atoms in total. The van der Waals surface area contributed by atoms with Crippen LogP contribution in [0.2, 0.25) is 0 Å². The average Bonchev–Trinajstić information content (AvgIpc) is 3.04. The minimum Gasteiger partial charge on any atom is -0.360 e. The number of rotatable bonds is 5. The number of nitrogens with zero attached hydrogens (tertiary/aromatic N) is 2. The molecule has 0 saturated carbocycles. The van der Waals surface area contributed by atoms with Crippen molar-refractivity contribution < 1.29 is 14.1 Å². The normalized spacial score (nSPS) is 18.7. The van der Waals surface area contributed by atoms with Crippen molar-refractivity contribution in [2.24, 2.45) is 5.73 Å². The number of thioether (sulfide) groups is 1. The van der Waals surface area contributed by atoms with E-state index in [9.17, 15) is 9.59 Å². The summed E-state index contributed by atoms with van der Waals surface area (Å²) in [5, 5.41) is 6.01. The molecule has 2 amide bonds. The molecular formula is C13H21ClN4O3S. The van der Waals surface area contributed by atoms with Crippen molar-refractivity contribution in [2.45, 2.75) is 31.6 Å². The molecule has 0 aromatic carbocycles. The first-order valence-corrected chi connectivity index (χ1v) is 7.89. The fourth-order valence-corrected chi connectivity index (χ4v) is 2.82. The van der Waals surface area contributed by atoms with E-state index in [1.165, 1.54) is 11.8 Å². The van der Waals surface area contributed by atoms with E-state index < -0.39 is 0 Å². The van der Waals surface area contributed by atoms with E-state index >= 15 is 0 Å². The van der Waals surface area contributed by atoms with Crippen molar-refractivity contribution in [3.8, 4) is 0 Å². The number of hydrogen-bond acceptors (Lipinski definition) is 6. The van der Waals surface area contributed by atoms with Crippen LogP contribution in [0.5, 0.6) is 0 Å². The van der Waals surface area contributed by atoms with Crippen molar-refractivity contribution >= 4 is 41.8 Å². The lowest BCUT2D eigenvalue weighted by molar-refractivity contribution is -0.127. The lowest BCUT2D eigenvalue weighted by Crippen LogP contribution is -2.34. The van der Waals surface area contributed by atoms with Crippen LogP contribution in [0.1, 0.15) is 19.1 Å². The molecule has 2 rings (SSSR count). The molecule has 3 N–H and O–H groups in total. The molecule has 1 saturated heterocycles. The predicted molar refractivity (Wildman–Crippen MR) is 88.2 cm³/mol. The molecule has 1 aliphatic heterocycles. The van der Waals surface area contributed by atoms with Gasteiger partial charge in [0.05, 0.1) is 11.0 Å². The Morgan fingerprint density at radius 1 is 1.64 bits per heavy atom. The van der Waals surface area contributed by atoms with Gasteiger partial charge in [-0.2, -0.15) is 0 Å². The number of aromatic nitrogens is 1. The Hall–Kier alpha value is -1.25. The monoisotopic (exact) mass is 348 g/mol. The van der Waals surface area contributed by atoms with E-state index in [0.717, 1.165) is 6.42 Å². The van der Waals surface area contributed by atoms with Gasteiger partial charge in [0, 0.05) is 25.2 Å². The molecule has 1 aliphatic rings. The fraction of sp³-hybridized carbons (Fsp3) is 0.615. The largest absolute Gasteiger partial charge is 0.360 e. The van der Waals surface area contributed by atoms with Gasteiger partial charge in [0.25, 0.3) is 0 Å². The number of nitrogens with two attached hydrogens (primary N) is 1. The van der Waals surface area contributed by atoms with Gasteiger partial charge in [-0.15, -0.1) is 24.2 Å². The Balaban J connectivity index is 0.00000242. The van der Waals surface area contributed by atoms with E-state index in [4.69, 9.17) is 10.3 Å². The number of halogens is 1. The second kappa shape index (κ2) is 8.40. The molecule has 0 spiro atoms. The molecule has 1 aromatic rings. The minimum atomic E-state index is -0.345. The summed E-state index contributed by atoms with van der Waals surface area (Å²) in [7, 11) is 0. The summed E-state index contributed by atoms with van der Waals surface area (Å²) in [5.74, 6) is 1.14.